The lowest BCUT2D eigenvalue weighted by Gasteiger charge is -2.33. The molecule has 2 aromatic carbocycles. The molecule has 2 aromatic rings. The van der Waals surface area contributed by atoms with Crippen LogP contribution in [-0.2, 0) is 10.0 Å². The third-order valence-corrected chi connectivity index (χ3v) is 8.79. The molecule has 0 saturated carbocycles. The molecule has 2 heterocycles. The summed E-state index contributed by atoms with van der Waals surface area (Å²) in [4.78, 5) is 27.9. The number of nitrogens with zero attached hydrogens (tertiary/aromatic N) is 2. The summed E-state index contributed by atoms with van der Waals surface area (Å²) in [5, 5.41) is 3.09. The second-order valence-corrected chi connectivity index (χ2v) is 11.2. The van der Waals surface area contributed by atoms with Gasteiger partial charge in [-0.3, -0.25) is 9.59 Å². The van der Waals surface area contributed by atoms with E-state index < -0.39 is 10.0 Å². The van der Waals surface area contributed by atoms with Gasteiger partial charge in [-0.2, -0.15) is 4.31 Å². The topological polar surface area (TPSA) is 86.8 Å². The Kier molecular flexibility index (Phi) is 7.38. The van der Waals surface area contributed by atoms with E-state index in [1.165, 1.54) is 10.4 Å². The van der Waals surface area contributed by atoms with Gasteiger partial charge in [-0.1, -0.05) is 30.7 Å². The van der Waals surface area contributed by atoms with Gasteiger partial charge in [0.15, 0.2) is 0 Å². The Hall–Kier alpha value is -2.71. The fourth-order valence-corrected chi connectivity index (χ4v) is 6.28. The normalized spacial score (nSPS) is 18.0. The average Bonchev–Trinajstić information content (AvgIpc) is 2.85. The summed E-state index contributed by atoms with van der Waals surface area (Å²) in [6, 6.07) is 12.4. The van der Waals surface area contributed by atoms with Gasteiger partial charge in [0.1, 0.15) is 0 Å². The second kappa shape index (κ2) is 10.3. The predicted molar refractivity (Wildman–Crippen MR) is 131 cm³/mol. The number of sulfonamides is 1. The average molecular weight is 484 g/mol. The summed E-state index contributed by atoms with van der Waals surface area (Å²) < 4.78 is 27.7. The zero-order chi connectivity index (χ0) is 24.3. The molecule has 0 bridgehead atoms. The summed E-state index contributed by atoms with van der Waals surface area (Å²) in [6.07, 6.45) is 4.10. The molecule has 0 radical (unpaired) electrons. The smallest absolute Gasteiger partial charge is 0.254 e. The van der Waals surface area contributed by atoms with Crippen LogP contribution >= 0.6 is 0 Å². The number of carbonyl (C=O) groups excluding carboxylic acids is 2. The van der Waals surface area contributed by atoms with E-state index in [2.05, 4.69) is 5.32 Å². The number of amides is 2. The maximum Gasteiger partial charge on any atom is 0.254 e. The number of nitrogens with one attached hydrogen (secondary N) is 1. The molecule has 2 saturated heterocycles. The molecular formula is C26H33N3O4S. The minimum atomic E-state index is -3.60. The van der Waals surface area contributed by atoms with Crippen LogP contribution in [-0.4, -0.2) is 61.7 Å². The quantitative estimate of drug-likeness (QED) is 0.705. The van der Waals surface area contributed by atoms with E-state index in [0.29, 0.717) is 50.1 Å². The first-order chi connectivity index (χ1) is 16.3. The van der Waals surface area contributed by atoms with Gasteiger partial charge in [0.25, 0.3) is 11.8 Å². The van der Waals surface area contributed by atoms with Crippen molar-refractivity contribution < 1.29 is 18.0 Å². The molecule has 2 aliphatic rings. The molecule has 182 valence electrons. The van der Waals surface area contributed by atoms with Crippen LogP contribution in [0.3, 0.4) is 0 Å². The van der Waals surface area contributed by atoms with Crippen LogP contribution in [0, 0.1) is 13.8 Å². The third kappa shape index (κ3) is 5.18. The molecule has 34 heavy (non-hydrogen) atoms. The lowest BCUT2D eigenvalue weighted by Crippen LogP contribution is -2.46. The first-order valence-electron chi connectivity index (χ1n) is 12.0. The minimum absolute atomic E-state index is 0.00284. The fraction of sp³-hybridized carbons (Fsp3) is 0.462. The Morgan fingerprint density at radius 1 is 0.853 bits per heavy atom. The summed E-state index contributed by atoms with van der Waals surface area (Å²) >= 11 is 0. The van der Waals surface area contributed by atoms with Crippen molar-refractivity contribution >= 4 is 21.8 Å². The molecule has 1 N–H and O–H groups in total. The number of hydrogen-bond acceptors (Lipinski definition) is 4. The van der Waals surface area contributed by atoms with Gasteiger partial charge >= 0.3 is 0 Å². The van der Waals surface area contributed by atoms with Crippen LogP contribution in [0.4, 0.5) is 0 Å². The molecule has 0 unspecified atom stereocenters. The van der Waals surface area contributed by atoms with E-state index in [1.807, 2.05) is 38.1 Å². The van der Waals surface area contributed by atoms with E-state index >= 15 is 0 Å². The third-order valence-electron chi connectivity index (χ3n) is 6.90. The highest BCUT2D eigenvalue weighted by Gasteiger charge is 2.29. The first-order valence-corrected chi connectivity index (χ1v) is 13.5. The maximum atomic E-state index is 13.3. The highest BCUT2D eigenvalue weighted by Crippen LogP contribution is 2.24. The van der Waals surface area contributed by atoms with E-state index in [9.17, 15) is 18.0 Å². The van der Waals surface area contributed by atoms with E-state index in [0.717, 1.165) is 30.4 Å². The number of hydrogen-bond donors (Lipinski definition) is 1. The van der Waals surface area contributed by atoms with Gasteiger partial charge in [-0.25, -0.2) is 8.42 Å². The van der Waals surface area contributed by atoms with Crippen LogP contribution in [0.25, 0.3) is 0 Å². The summed E-state index contributed by atoms with van der Waals surface area (Å²) in [5.41, 5.74) is 2.80. The van der Waals surface area contributed by atoms with Crippen molar-refractivity contribution in [3.05, 3.63) is 64.7 Å². The molecule has 4 rings (SSSR count). The molecule has 0 atom stereocenters. The first kappa shape index (κ1) is 24.4. The Balaban J connectivity index is 1.41. The predicted octanol–water partition coefficient (Wildman–Crippen LogP) is 3.51. The molecule has 0 aromatic heterocycles. The maximum absolute atomic E-state index is 13.3. The Labute approximate surface area is 202 Å². The molecule has 2 amide bonds. The van der Waals surface area contributed by atoms with Crippen molar-refractivity contribution in [2.75, 3.05) is 26.2 Å². The Morgan fingerprint density at radius 3 is 2.18 bits per heavy atom. The van der Waals surface area contributed by atoms with Crippen LogP contribution < -0.4 is 5.32 Å². The molecule has 7 nitrogen and oxygen atoms in total. The molecule has 2 aliphatic heterocycles. The van der Waals surface area contributed by atoms with Gasteiger partial charge in [0.05, 0.1) is 4.90 Å². The zero-order valence-electron chi connectivity index (χ0n) is 19.9. The molecule has 0 aliphatic carbocycles. The zero-order valence-corrected chi connectivity index (χ0v) is 20.7. The SMILES string of the molecule is Cc1ccccc1C(=O)NC1CCN(C(=O)c2cc(S(=O)(=O)N3CCCCC3)ccc2C)CC1. The van der Waals surface area contributed by atoms with Gasteiger partial charge in [0.2, 0.25) is 10.0 Å². The standard InChI is InChI=1S/C26H33N3O4S/c1-19-8-4-5-9-23(19)25(30)27-21-12-16-28(17-13-21)26(31)24-18-22(11-10-20(24)2)34(32,33)29-14-6-3-7-15-29/h4-5,8-11,18,21H,3,6-7,12-17H2,1-2H3,(H,27,30). The van der Waals surface area contributed by atoms with Gasteiger partial charge in [-0.15, -0.1) is 0 Å². The van der Waals surface area contributed by atoms with Crippen molar-refractivity contribution in [1.82, 2.24) is 14.5 Å². The van der Waals surface area contributed by atoms with Gasteiger partial charge in [-0.05, 0) is 68.9 Å². The highest BCUT2D eigenvalue weighted by atomic mass is 32.2. The van der Waals surface area contributed by atoms with Crippen molar-refractivity contribution in [1.29, 1.82) is 0 Å². The second-order valence-electron chi connectivity index (χ2n) is 9.30. The van der Waals surface area contributed by atoms with Crippen LogP contribution in [0.5, 0.6) is 0 Å². The van der Waals surface area contributed by atoms with Gasteiger partial charge in [0, 0.05) is 43.3 Å². The van der Waals surface area contributed by atoms with Crippen molar-refractivity contribution in [2.24, 2.45) is 0 Å². The van der Waals surface area contributed by atoms with Crippen LogP contribution in [0.2, 0.25) is 0 Å². The summed E-state index contributed by atoms with van der Waals surface area (Å²) in [6.45, 7) is 5.83. The molecule has 0 spiro atoms. The van der Waals surface area contributed by atoms with E-state index in [1.54, 1.807) is 17.0 Å². The number of aryl methyl sites for hydroxylation is 2. The van der Waals surface area contributed by atoms with Crippen LogP contribution in [0.1, 0.15) is 63.9 Å². The Morgan fingerprint density at radius 2 is 1.50 bits per heavy atom. The summed E-state index contributed by atoms with van der Waals surface area (Å²) in [7, 11) is -3.60. The highest BCUT2D eigenvalue weighted by molar-refractivity contribution is 7.89. The van der Waals surface area contributed by atoms with Crippen molar-refractivity contribution in [2.45, 2.75) is 56.9 Å². The fourth-order valence-electron chi connectivity index (χ4n) is 4.73. The Bertz CT molecular complexity index is 1160. The minimum Gasteiger partial charge on any atom is -0.349 e. The van der Waals surface area contributed by atoms with Crippen LogP contribution in [0.15, 0.2) is 47.4 Å². The van der Waals surface area contributed by atoms with Crippen molar-refractivity contribution in [3.63, 3.8) is 0 Å². The molecule has 2 fully saturated rings. The number of carbonyl (C=O) groups is 2. The van der Waals surface area contributed by atoms with Crippen molar-refractivity contribution in [3.8, 4) is 0 Å². The number of piperidine rings is 2. The molecular weight excluding hydrogens is 450 g/mol. The van der Waals surface area contributed by atoms with E-state index in [4.69, 9.17) is 0 Å². The number of likely N-dealkylation sites (tertiary alicyclic amines) is 1. The lowest BCUT2D eigenvalue weighted by molar-refractivity contribution is 0.0697. The molecule has 8 heteroatoms. The largest absolute Gasteiger partial charge is 0.349 e. The van der Waals surface area contributed by atoms with Gasteiger partial charge < -0.3 is 10.2 Å². The van der Waals surface area contributed by atoms with E-state index in [-0.39, 0.29) is 22.8 Å². The number of rotatable bonds is 5. The monoisotopic (exact) mass is 483 g/mol. The number of benzene rings is 2. The lowest BCUT2D eigenvalue weighted by atomic mass is 10.0. The summed E-state index contributed by atoms with van der Waals surface area (Å²) in [5.74, 6) is -0.244.